The molecular weight excluding hydrogens is 612 g/mol. The molecule has 4 N–H and O–H groups in total. The van der Waals surface area contributed by atoms with Gasteiger partial charge in [0.2, 0.25) is 17.7 Å². The van der Waals surface area contributed by atoms with Gasteiger partial charge in [0.25, 0.3) is 0 Å². The maximum Gasteiger partial charge on any atom is 0.245 e. The Balaban J connectivity index is 2.59. The highest BCUT2D eigenvalue weighted by atomic mass is 16.3. The van der Waals surface area contributed by atoms with E-state index in [1.54, 1.807) is 24.3 Å². The number of benzene rings is 1. The number of para-hydroxylation sites is 1. The molecule has 0 aliphatic rings. The van der Waals surface area contributed by atoms with E-state index < -0.39 is 12.1 Å². The van der Waals surface area contributed by atoms with E-state index in [0.717, 1.165) is 32.1 Å². The molecule has 2 atom stereocenters. The fraction of sp³-hybridized carbons (Fsp3) is 0.756. The minimum absolute atomic E-state index is 0.0854. The number of rotatable bonds is 31. The van der Waals surface area contributed by atoms with E-state index in [1.807, 2.05) is 13.8 Å². The highest BCUT2D eigenvalue weighted by Gasteiger charge is 2.27. The van der Waals surface area contributed by atoms with Gasteiger partial charge in [-0.2, -0.15) is 0 Å². The molecule has 0 saturated heterocycles. The summed E-state index contributed by atoms with van der Waals surface area (Å²) >= 11 is 0. The van der Waals surface area contributed by atoms with Crippen LogP contribution in [0.4, 0.5) is 0 Å². The smallest absolute Gasteiger partial charge is 0.245 e. The molecule has 1 rings (SSSR count). The van der Waals surface area contributed by atoms with E-state index in [2.05, 4.69) is 34.8 Å². The Morgan fingerprint density at radius 2 is 1.14 bits per heavy atom. The van der Waals surface area contributed by atoms with E-state index in [9.17, 15) is 19.5 Å². The van der Waals surface area contributed by atoms with Gasteiger partial charge in [-0.25, -0.2) is 0 Å². The van der Waals surface area contributed by atoms with Crippen molar-refractivity contribution in [2.75, 3.05) is 13.1 Å². The molecule has 0 bridgehead atoms. The summed E-state index contributed by atoms with van der Waals surface area (Å²) in [6.07, 6.45) is 26.5. The molecule has 8 nitrogen and oxygen atoms in total. The normalized spacial score (nSPS) is 12.7. The number of carbonyl (C=O) groups excluding carboxylic acids is 3. The van der Waals surface area contributed by atoms with Crippen LogP contribution in [-0.4, -0.2) is 54.2 Å². The van der Waals surface area contributed by atoms with Crippen LogP contribution in [0.5, 0.6) is 5.75 Å². The van der Waals surface area contributed by atoms with Crippen LogP contribution in [0.2, 0.25) is 0 Å². The van der Waals surface area contributed by atoms with Crippen LogP contribution in [0.25, 0.3) is 0 Å². The van der Waals surface area contributed by atoms with Crippen LogP contribution < -0.4 is 16.0 Å². The monoisotopic (exact) mass is 685 g/mol. The van der Waals surface area contributed by atoms with Gasteiger partial charge in [-0.05, 0) is 37.3 Å². The lowest BCUT2D eigenvalue weighted by atomic mass is 10.0. The van der Waals surface area contributed by atoms with Gasteiger partial charge in [0.05, 0.1) is 0 Å². The maximum absolute atomic E-state index is 13.4. The molecule has 8 heteroatoms. The number of nitrogens with zero attached hydrogens (tertiary/aromatic N) is 1. The molecule has 0 radical (unpaired) electrons. The van der Waals surface area contributed by atoms with Gasteiger partial charge in [-0.15, -0.1) is 0 Å². The van der Waals surface area contributed by atoms with Crippen molar-refractivity contribution in [1.29, 1.82) is 0 Å². The molecule has 0 aliphatic carbocycles. The van der Waals surface area contributed by atoms with Crippen LogP contribution in [0, 0.1) is 5.92 Å². The van der Waals surface area contributed by atoms with Gasteiger partial charge in [0.15, 0.2) is 0 Å². The summed E-state index contributed by atoms with van der Waals surface area (Å²) in [4.78, 5) is 43.9. The molecule has 3 amide bonds. The predicted octanol–water partition coefficient (Wildman–Crippen LogP) is 9.17. The summed E-state index contributed by atoms with van der Waals surface area (Å²) in [6, 6.07) is 5.24. The number of carbonyl (C=O) groups is 3. The van der Waals surface area contributed by atoms with Crippen LogP contribution in [0.15, 0.2) is 29.3 Å². The lowest BCUT2D eigenvalue weighted by Crippen LogP contribution is -2.50. The van der Waals surface area contributed by atoms with Gasteiger partial charge < -0.3 is 21.1 Å². The van der Waals surface area contributed by atoms with Crippen LogP contribution >= 0.6 is 0 Å². The van der Waals surface area contributed by atoms with Gasteiger partial charge in [0.1, 0.15) is 17.8 Å². The number of hydrogen-bond acceptors (Lipinski definition) is 5. The summed E-state index contributed by atoms with van der Waals surface area (Å²) in [5.41, 5.74) is 0.519. The average Bonchev–Trinajstić information content (AvgIpc) is 3.08. The minimum Gasteiger partial charge on any atom is -0.507 e. The summed E-state index contributed by atoms with van der Waals surface area (Å²) in [6.45, 7) is 9.46. The summed E-state index contributed by atoms with van der Waals surface area (Å²) in [5, 5.41) is 19.0. The summed E-state index contributed by atoms with van der Waals surface area (Å²) in [5.74, 6) is -0.787. The van der Waals surface area contributed by atoms with Gasteiger partial charge in [-0.1, -0.05) is 155 Å². The first-order chi connectivity index (χ1) is 23.8. The third-order valence-electron chi connectivity index (χ3n) is 9.19. The zero-order chi connectivity index (χ0) is 36.0. The number of aliphatic imine (C=N–C) groups is 1. The Bertz CT molecular complexity index is 1030. The van der Waals surface area contributed by atoms with Crippen molar-refractivity contribution in [3.63, 3.8) is 0 Å². The Morgan fingerprint density at radius 3 is 1.63 bits per heavy atom. The minimum atomic E-state index is -0.833. The van der Waals surface area contributed by atoms with Crippen molar-refractivity contribution >= 4 is 23.9 Å². The lowest BCUT2D eigenvalue weighted by molar-refractivity contribution is -0.130. The Labute approximate surface area is 299 Å². The van der Waals surface area contributed by atoms with Gasteiger partial charge in [0, 0.05) is 31.3 Å². The maximum atomic E-state index is 13.4. The molecule has 1 aromatic carbocycles. The SMILES string of the molecule is CCCCCCCCCCCCNC(=O)CC[C@H](NC(=O)[C@@H](N=Cc1ccccc1O)C(C)C)C(=O)NCCCCCCCCCCCC. The molecule has 49 heavy (non-hydrogen) atoms. The van der Waals surface area contributed by atoms with Crippen LogP contribution in [0.3, 0.4) is 0 Å². The second-order valence-corrected chi connectivity index (χ2v) is 14.1. The Kier molecular flexibility index (Phi) is 27.0. The topological polar surface area (TPSA) is 120 Å². The standard InChI is InChI=1S/C41H72N4O4/c1-5-7-9-11-13-15-17-19-21-25-31-42-38(47)30-29-36(40(48)43-32-26-22-20-18-16-14-12-10-8-6-2)45-41(49)39(34(3)4)44-33-35-27-23-24-28-37(35)46/h23-24,27-28,33-34,36,39,46H,5-22,25-26,29-32H2,1-4H3,(H,42,47)(H,43,48)(H,45,49)/t36-,39-/m0/s1. The molecule has 0 aliphatic heterocycles. The van der Waals surface area contributed by atoms with Gasteiger partial charge in [-0.3, -0.25) is 19.4 Å². The highest BCUT2D eigenvalue weighted by molar-refractivity contribution is 5.92. The van der Waals surface area contributed by atoms with Crippen molar-refractivity contribution in [2.24, 2.45) is 10.9 Å². The van der Waals surface area contributed by atoms with E-state index in [-0.39, 0.29) is 42.2 Å². The molecule has 0 saturated carbocycles. The fourth-order valence-electron chi connectivity index (χ4n) is 5.98. The predicted molar refractivity (Wildman–Crippen MR) is 205 cm³/mol. The quantitative estimate of drug-likeness (QED) is 0.0460. The van der Waals surface area contributed by atoms with Crippen molar-refractivity contribution in [1.82, 2.24) is 16.0 Å². The number of hydrogen-bond donors (Lipinski definition) is 4. The Hall–Kier alpha value is -2.90. The lowest BCUT2D eigenvalue weighted by Gasteiger charge is -2.22. The van der Waals surface area contributed by atoms with E-state index in [0.29, 0.717) is 18.7 Å². The van der Waals surface area contributed by atoms with E-state index in [1.165, 1.54) is 103 Å². The van der Waals surface area contributed by atoms with Crippen molar-refractivity contribution < 1.29 is 19.5 Å². The Morgan fingerprint density at radius 1 is 0.673 bits per heavy atom. The van der Waals surface area contributed by atoms with Crippen molar-refractivity contribution in [3.05, 3.63) is 29.8 Å². The highest BCUT2D eigenvalue weighted by Crippen LogP contribution is 2.16. The number of unbranched alkanes of at least 4 members (excludes halogenated alkanes) is 18. The first kappa shape index (κ1) is 44.1. The van der Waals surface area contributed by atoms with Crippen molar-refractivity contribution in [2.45, 2.75) is 181 Å². The van der Waals surface area contributed by atoms with Gasteiger partial charge >= 0.3 is 0 Å². The van der Waals surface area contributed by atoms with Crippen molar-refractivity contribution in [3.8, 4) is 5.75 Å². The molecule has 1 aromatic rings. The number of aromatic hydroxyl groups is 1. The zero-order valence-electron chi connectivity index (χ0n) is 31.7. The van der Waals surface area contributed by atoms with Crippen LogP contribution in [0.1, 0.15) is 175 Å². The fourth-order valence-corrected chi connectivity index (χ4v) is 5.98. The average molecular weight is 685 g/mol. The van der Waals surface area contributed by atoms with E-state index in [4.69, 9.17) is 0 Å². The molecule has 0 spiro atoms. The second-order valence-electron chi connectivity index (χ2n) is 14.1. The molecule has 0 aromatic heterocycles. The molecule has 0 heterocycles. The second kappa shape index (κ2) is 30.0. The zero-order valence-corrected chi connectivity index (χ0v) is 31.7. The summed E-state index contributed by atoms with van der Waals surface area (Å²) in [7, 11) is 0. The number of phenolic OH excluding ortho intramolecular Hbond substituents is 1. The summed E-state index contributed by atoms with van der Waals surface area (Å²) < 4.78 is 0. The molecule has 280 valence electrons. The number of amides is 3. The number of phenols is 1. The third kappa shape index (κ3) is 23.2. The molecule has 0 fully saturated rings. The van der Waals surface area contributed by atoms with E-state index >= 15 is 0 Å². The largest absolute Gasteiger partial charge is 0.507 e. The molecule has 0 unspecified atom stereocenters. The third-order valence-corrected chi connectivity index (χ3v) is 9.19. The molecular formula is C41H72N4O4. The van der Waals surface area contributed by atoms with Crippen LogP contribution in [-0.2, 0) is 14.4 Å². The first-order valence-electron chi connectivity index (χ1n) is 20.0. The first-order valence-corrected chi connectivity index (χ1v) is 20.0. The number of nitrogens with one attached hydrogen (secondary N) is 3.